The Morgan fingerprint density at radius 1 is 1.25 bits per heavy atom. The molecule has 0 bridgehead atoms. The number of aromatic nitrogens is 2. The van der Waals surface area contributed by atoms with Gasteiger partial charge in [-0.05, 0) is 36.1 Å². The van der Waals surface area contributed by atoms with Crippen molar-refractivity contribution in [1.82, 2.24) is 9.97 Å². The first-order valence-electron chi connectivity index (χ1n) is 6.55. The number of fused-ring (bicyclic) bond motifs is 1. The molecule has 2 N–H and O–H groups in total. The van der Waals surface area contributed by atoms with E-state index in [1.165, 1.54) is 5.56 Å². The van der Waals surface area contributed by atoms with Gasteiger partial charge in [0.1, 0.15) is 17.0 Å². The van der Waals surface area contributed by atoms with Gasteiger partial charge in [0, 0.05) is 18.8 Å². The summed E-state index contributed by atoms with van der Waals surface area (Å²) in [4.78, 5) is 12.0. The normalized spacial score (nSPS) is 10.8. The summed E-state index contributed by atoms with van der Waals surface area (Å²) in [5.74, 6) is 0.987. The van der Waals surface area contributed by atoms with Crippen molar-refractivity contribution in [2.45, 2.75) is 13.5 Å². The predicted molar refractivity (Wildman–Crippen MR) is 85.0 cm³/mol. The van der Waals surface area contributed by atoms with Gasteiger partial charge < -0.3 is 10.6 Å². The molecule has 0 aliphatic carbocycles. The van der Waals surface area contributed by atoms with E-state index >= 15 is 0 Å². The Morgan fingerprint density at radius 3 is 2.95 bits per heavy atom. The summed E-state index contributed by atoms with van der Waals surface area (Å²) < 4.78 is 0. The van der Waals surface area contributed by atoms with Crippen molar-refractivity contribution in [2.24, 2.45) is 0 Å². The van der Waals surface area contributed by atoms with Crippen LogP contribution in [0.2, 0.25) is 0 Å². The fourth-order valence-electron chi connectivity index (χ4n) is 2.28. The zero-order chi connectivity index (χ0) is 13.9. The minimum atomic E-state index is 0.793. The second-order valence-electron chi connectivity index (χ2n) is 4.60. The highest BCUT2D eigenvalue weighted by Gasteiger charge is 2.12. The lowest BCUT2D eigenvalue weighted by Crippen LogP contribution is -2.23. The highest BCUT2D eigenvalue weighted by Crippen LogP contribution is 2.27. The van der Waals surface area contributed by atoms with Crippen LogP contribution in [0.25, 0.3) is 10.2 Å². The summed E-state index contributed by atoms with van der Waals surface area (Å²) in [5.41, 5.74) is 7.83. The van der Waals surface area contributed by atoms with Crippen LogP contribution in [0.15, 0.2) is 42.0 Å². The SMILES string of the molecule is CCN(Cc1cccc(N)c1)c1ncnc2sccc12. The summed E-state index contributed by atoms with van der Waals surface area (Å²) in [6, 6.07) is 10.1. The van der Waals surface area contributed by atoms with E-state index in [9.17, 15) is 0 Å². The molecule has 0 atom stereocenters. The maximum atomic E-state index is 5.85. The fourth-order valence-corrected chi connectivity index (χ4v) is 3.00. The van der Waals surface area contributed by atoms with E-state index in [0.29, 0.717) is 0 Å². The Bertz CT molecular complexity index is 722. The molecule has 0 aliphatic heterocycles. The third kappa shape index (κ3) is 2.44. The van der Waals surface area contributed by atoms with Crippen molar-refractivity contribution in [1.29, 1.82) is 0 Å². The maximum absolute atomic E-state index is 5.85. The van der Waals surface area contributed by atoms with Gasteiger partial charge in [-0.2, -0.15) is 0 Å². The molecule has 5 heteroatoms. The van der Waals surface area contributed by atoms with Gasteiger partial charge in [0.15, 0.2) is 0 Å². The third-order valence-corrected chi connectivity index (χ3v) is 4.07. The number of rotatable bonds is 4. The van der Waals surface area contributed by atoms with E-state index in [4.69, 9.17) is 5.73 Å². The first-order chi connectivity index (χ1) is 9.78. The first kappa shape index (κ1) is 12.9. The van der Waals surface area contributed by atoms with Crippen molar-refractivity contribution in [2.75, 3.05) is 17.2 Å². The van der Waals surface area contributed by atoms with Crippen molar-refractivity contribution in [3.05, 3.63) is 47.6 Å². The number of nitrogen functional groups attached to an aromatic ring is 1. The van der Waals surface area contributed by atoms with Crippen molar-refractivity contribution < 1.29 is 0 Å². The second-order valence-corrected chi connectivity index (χ2v) is 5.49. The second kappa shape index (κ2) is 5.46. The molecular weight excluding hydrogens is 268 g/mol. The number of benzene rings is 1. The van der Waals surface area contributed by atoms with Crippen molar-refractivity contribution in [3.63, 3.8) is 0 Å². The standard InChI is InChI=1S/C15H16N4S/c1-2-19(9-11-4-3-5-12(16)8-11)14-13-6-7-20-15(13)18-10-17-14/h3-8,10H,2,9,16H2,1H3. The number of thiophene rings is 1. The molecule has 102 valence electrons. The lowest BCUT2D eigenvalue weighted by Gasteiger charge is -2.22. The van der Waals surface area contributed by atoms with E-state index < -0.39 is 0 Å². The zero-order valence-corrected chi connectivity index (χ0v) is 12.1. The van der Waals surface area contributed by atoms with Gasteiger partial charge >= 0.3 is 0 Å². The summed E-state index contributed by atoms with van der Waals surface area (Å²) in [5, 5.41) is 3.17. The molecular formula is C15H16N4S. The van der Waals surface area contributed by atoms with Crippen LogP contribution < -0.4 is 10.6 Å². The molecule has 0 radical (unpaired) electrons. The fraction of sp³-hybridized carbons (Fsp3) is 0.200. The van der Waals surface area contributed by atoms with Gasteiger partial charge in [-0.15, -0.1) is 11.3 Å². The monoisotopic (exact) mass is 284 g/mol. The largest absolute Gasteiger partial charge is 0.399 e. The Balaban J connectivity index is 1.95. The molecule has 2 heterocycles. The van der Waals surface area contributed by atoms with Crippen LogP contribution in [0, 0.1) is 0 Å². The highest BCUT2D eigenvalue weighted by molar-refractivity contribution is 7.16. The van der Waals surface area contributed by atoms with Crippen LogP contribution in [0.5, 0.6) is 0 Å². The number of hydrogen-bond acceptors (Lipinski definition) is 5. The van der Waals surface area contributed by atoms with Gasteiger partial charge in [0.2, 0.25) is 0 Å². The molecule has 3 rings (SSSR count). The van der Waals surface area contributed by atoms with Crippen molar-refractivity contribution in [3.8, 4) is 0 Å². The molecule has 0 saturated heterocycles. The Labute approximate surface area is 121 Å². The minimum Gasteiger partial charge on any atom is -0.399 e. The molecule has 4 nitrogen and oxygen atoms in total. The van der Waals surface area contributed by atoms with Crippen LogP contribution in [0.4, 0.5) is 11.5 Å². The van der Waals surface area contributed by atoms with Crippen LogP contribution >= 0.6 is 11.3 Å². The van der Waals surface area contributed by atoms with Gasteiger partial charge in [-0.3, -0.25) is 0 Å². The Kier molecular flexibility index (Phi) is 3.52. The number of nitrogens with zero attached hydrogens (tertiary/aromatic N) is 3. The molecule has 0 unspecified atom stereocenters. The highest BCUT2D eigenvalue weighted by atomic mass is 32.1. The molecule has 1 aromatic carbocycles. The Hall–Kier alpha value is -2.14. The van der Waals surface area contributed by atoms with Crippen LogP contribution in [0.3, 0.4) is 0 Å². The lowest BCUT2D eigenvalue weighted by atomic mass is 10.2. The average Bonchev–Trinajstić information content (AvgIpc) is 2.93. The number of nitrogens with two attached hydrogens (primary N) is 1. The Morgan fingerprint density at radius 2 is 2.15 bits per heavy atom. The van der Waals surface area contributed by atoms with Gasteiger partial charge in [-0.1, -0.05) is 12.1 Å². The predicted octanol–water partition coefficient (Wildman–Crippen LogP) is 3.30. The first-order valence-corrected chi connectivity index (χ1v) is 7.43. The molecule has 2 aromatic heterocycles. The molecule has 0 aliphatic rings. The van der Waals surface area contributed by atoms with Crippen LogP contribution in [-0.4, -0.2) is 16.5 Å². The van der Waals surface area contributed by atoms with E-state index in [0.717, 1.165) is 34.8 Å². The molecule has 0 fully saturated rings. The van der Waals surface area contributed by atoms with Gasteiger partial charge in [0.25, 0.3) is 0 Å². The van der Waals surface area contributed by atoms with Gasteiger partial charge in [0.05, 0.1) is 5.39 Å². The average molecular weight is 284 g/mol. The third-order valence-electron chi connectivity index (χ3n) is 3.25. The smallest absolute Gasteiger partial charge is 0.141 e. The van der Waals surface area contributed by atoms with Crippen LogP contribution in [0.1, 0.15) is 12.5 Å². The molecule has 0 amide bonds. The number of hydrogen-bond donors (Lipinski definition) is 1. The maximum Gasteiger partial charge on any atom is 0.141 e. The summed E-state index contributed by atoms with van der Waals surface area (Å²) in [6.07, 6.45) is 1.64. The van der Waals surface area contributed by atoms with E-state index in [-0.39, 0.29) is 0 Å². The molecule has 3 aromatic rings. The van der Waals surface area contributed by atoms with Gasteiger partial charge in [-0.25, -0.2) is 9.97 Å². The topological polar surface area (TPSA) is 55.0 Å². The molecule has 0 saturated carbocycles. The lowest BCUT2D eigenvalue weighted by molar-refractivity contribution is 0.817. The van der Waals surface area contributed by atoms with E-state index in [2.05, 4.69) is 39.3 Å². The molecule has 20 heavy (non-hydrogen) atoms. The van der Waals surface area contributed by atoms with Crippen LogP contribution in [-0.2, 0) is 6.54 Å². The number of anilines is 2. The van der Waals surface area contributed by atoms with Crippen molar-refractivity contribution >= 4 is 33.1 Å². The molecule has 0 spiro atoms. The quantitative estimate of drug-likeness (QED) is 0.747. The summed E-state index contributed by atoms with van der Waals surface area (Å²) >= 11 is 1.64. The zero-order valence-electron chi connectivity index (χ0n) is 11.3. The van der Waals surface area contributed by atoms with E-state index in [1.807, 2.05) is 18.2 Å². The minimum absolute atomic E-state index is 0.793. The van der Waals surface area contributed by atoms with E-state index in [1.54, 1.807) is 17.7 Å². The summed E-state index contributed by atoms with van der Waals surface area (Å²) in [7, 11) is 0. The summed E-state index contributed by atoms with van der Waals surface area (Å²) in [6.45, 7) is 3.81.